The van der Waals surface area contributed by atoms with Gasteiger partial charge in [0.25, 0.3) is 0 Å². The van der Waals surface area contributed by atoms with Gasteiger partial charge in [0.05, 0.1) is 20.4 Å². The van der Waals surface area contributed by atoms with Gasteiger partial charge in [0.2, 0.25) is 0 Å². The van der Waals surface area contributed by atoms with Gasteiger partial charge in [-0.25, -0.2) is 4.79 Å². The zero-order chi connectivity index (χ0) is 21.3. The van der Waals surface area contributed by atoms with E-state index in [2.05, 4.69) is 43.9 Å². The lowest BCUT2D eigenvalue weighted by atomic mass is 9.88. The summed E-state index contributed by atoms with van der Waals surface area (Å²) in [6.07, 6.45) is 5.55. The highest BCUT2D eigenvalue weighted by Gasteiger charge is 2.28. The number of hydrogen-bond acceptors (Lipinski definition) is 3. The van der Waals surface area contributed by atoms with Gasteiger partial charge < -0.3 is 9.64 Å². The number of aromatic nitrogens is 1. The van der Waals surface area contributed by atoms with Crippen molar-refractivity contribution in [1.82, 2.24) is 9.88 Å². The fourth-order valence-electron chi connectivity index (χ4n) is 4.56. The predicted molar refractivity (Wildman–Crippen MR) is 125 cm³/mol. The summed E-state index contributed by atoms with van der Waals surface area (Å²) in [7, 11) is -1.37. The third-order valence-electron chi connectivity index (χ3n) is 6.28. The molecule has 0 N–H and O–H groups in total. The van der Waals surface area contributed by atoms with Gasteiger partial charge in [-0.2, -0.15) is 0 Å². The zero-order valence-electron chi connectivity index (χ0n) is 18.6. The molecule has 0 radical (unpaired) electrons. The van der Waals surface area contributed by atoms with Crippen LogP contribution in [-0.2, 0) is 17.6 Å². The molecule has 1 aromatic carbocycles. The van der Waals surface area contributed by atoms with Crippen molar-refractivity contribution in [3.8, 4) is 0 Å². The Morgan fingerprint density at radius 3 is 2.50 bits per heavy atom. The van der Waals surface area contributed by atoms with Gasteiger partial charge >= 0.3 is 6.09 Å². The van der Waals surface area contributed by atoms with E-state index in [0.29, 0.717) is 19.7 Å². The standard InChI is InChI=1S/C25H32N2O2Si/c1-5-29-25(28)27-15-12-18(13-16-27)23-22-11-10-21(30(2,3)4)17-20(22)9-8-19-7-6-14-26-24(19)23/h6-7,10-11,14,17H,5,8-9,12-13,15-16H2,1-4H3. The Kier molecular flexibility index (Phi) is 5.83. The van der Waals surface area contributed by atoms with E-state index >= 15 is 0 Å². The maximum absolute atomic E-state index is 12.1. The van der Waals surface area contributed by atoms with E-state index in [9.17, 15) is 4.79 Å². The van der Waals surface area contributed by atoms with Crippen molar-refractivity contribution in [2.75, 3.05) is 19.7 Å². The van der Waals surface area contributed by atoms with Crippen LogP contribution in [0.4, 0.5) is 4.79 Å². The predicted octanol–water partition coefficient (Wildman–Crippen LogP) is 4.78. The molecule has 5 heteroatoms. The first-order valence-corrected chi connectivity index (χ1v) is 14.6. The number of hydrogen-bond donors (Lipinski definition) is 0. The number of carbonyl (C=O) groups is 1. The first-order chi connectivity index (χ1) is 14.4. The van der Waals surface area contributed by atoms with Crippen molar-refractivity contribution in [1.29, 1.82) is 0 Å². The van der Waals surface area contributed by atoms with E-state index < -0.39 is 8.07 Å². The molecule has 4 rings (SSSR count). The minimum atomic E-state index is -1.37. The molecule has 2 aromatic rings. The summed E-state index contributed by atoms with van der Waals surface area (Å²) in [6.45, 7) is 10.9. The van der Waals surface area contributed by atoms with Crippen molar-refractivity contribution in [2.24, 2.45) is 0 Å². The third kappa shape index (κ3) is 4.08. The number of pyridine rings is 1. The minimum absolute atomic E-state index is 0.193. The maximum atomic E-state index is 12.1. The largest absolute Gasteiger partial charge is 0.450 e. The molecular weight excluding hydrogens is 388 g/mol. The average Bonchev–Trinajstić information content (AvgIpc) is 2.90. The van der Waals surface area contributed by atoms with Crippen LogP contribution < -0.4 is 5.19 Å². The van der Waals surface area contributed by atoms with Crippen molar-refractivity contribution in [2.45, 2.75) is 52.2 Å². The molecule has 2 heterocycles. The molecule has 0 saturated carbocycles. The summed E-state index contributed by atoms with van der Waals surface area (Å²) in [5.41, 5.74) is 7.98. The number of aryl methyl sites for hydroxylation is 2. The van der Waals surface area contributed by atoms with E-state index in [1.54, 1.807) is 0 Å². The number of ether oxygens (including phenoxy) is 1. The topological polar surface area (TPSA) is 42.4 Å². The van der Waals surface area contributed by atoms with Crippen LogP contribution >= 0.6 is 0 Å². The van der Waals surface area contributed by atoms with Crippen molar-refractivity contribution in [3.05, 3.63) is 64.5 Å². The lowest BCUT2D eigenvalue weighted by Crippen LogP contribution is -2.38. The van der Waals surface area contributed by atoms with Crippen LogP contribution in [0, 0.1) is 0 Å². The number of carbonyl (C=O) groups excluding carboxylic acids is 1. The normalized spacial score (nSPS) is 16.6. The Bertz CT molecular complexity index is 981. The third-order valence-corrected chi connectivity index (χ3v) is 8.32. The number of piperidine rings is 1. The summed E-state index contributed by atoms with van der Waals surface area (Å²) >= 11 is 0. The number of likely N-dealkylation sites (tertiary alicyclic amines) is 1. The summed E-state index contributed by atoms with van der Waals surface area (Å²) in [5.74, 6) is 0. The highest BCUT2D eigenvalue weighted by Crippen LogP contribution is 2.37. The lowest BCUT2D eigenvalue weighted by molar-refractivity contribution is 0.104. The minimum Gasteiger partial charge on any atom is -0.450 e. The molecule has 2 aliphatic rings. The number of nitrogens with zero attached hydrogens (tertiary/aromatic N) is 2. The molecular formula is C25H32N2O2Si. The van der Waals surface area contributed by atoms with Gasteiger partial charge in [-0.3, -0.25) is 4.98 Å². The Morgan fingerprint density at radius 2 is 1.80 bits per heavy atom. The molecule has 1 fully saturated rings. The van der Waals surface area contributed by atoms with Crippen LogP contribution in [0.5, 0.6) is 0 Å². The number of benzene rings is 1. The fourth-order valence-corrected chi connectivity index (χ4v) is 5.75. The summed E-state index contributed by atoms with van der Waals surface area (Å²) < 4.78 is 5.20. The van der Waals surface area contributed by atoms with E-state index in [0.717, 1.165) is 31.4 Å². The van der Waals surface area contributed by atoms with Gasteiger partial charge in [-0.05, 0) is 55.4 Å². The summed E-state index contributed by atoms with van der Waals surface area (Å²) in [4.78, 5) is 18.8. The van der Waals surface area contributed by atoms with Crippen molar-refractivity contribution in [3.63, 3.8) is 0 Å². The molecule has 1 saturated heterocycles. The molecule has 30 heavy (non-hydrogen) atoms. The van der Waals surface area contributed by atoms with E-state index in [4.69, 9.17) is 9.72 Å². The zero-order valence-corrected chi connectivity index (χ0v) is 19.6. The Morgan fingerprint density at radius 1 is 1.07 bits per heavy atom. The van der Waals surface area contributed by atoms with Crippen molar-refractivity contribution >= 4 is 24.9 Å². The van der Waals surface area contributed by atoms with E-state index in [-0.39, 0.29) is 6.09 Å². The molecule has 0 spiro atoms. The molecule has 158 valence electrons. The second-order valence-electron chi connectivity index (χ2n) is 9.30. The Balaban J connectivity index is 1.77. The van der Waals surface area contributed by atoms with Gasteiger partial charge in [0.15, 0.2) is 0 Å². The Labute approximate surface area is 181 Å². The highest BCUT2D eigenvalue weighted by atomic mass is 28.3. The SMILES string of the molecule is CCOC(=O)N1CCC(=C2c3ccc([Si](C)(C)C)cc3CCc3cccnc32)CC1. The molecule has 0 bridgehead atoms. The summed E-state index contributed by atoms with van der Waals surface area (Å²) in [5, 5.41) is 1.52. The second kappa shape index (κ2) is 8.38. The molecule has 4 nitrogen and oxygen atoms in total. The fraction of sp³-hybridized carbons (Fsp3) is 0.440. The number of rotatable bonds is 2. The quantitative estimate of drug-likeness (QED) is 0.657. The van der Waals surface area contributed by atoms with Gasteiger partial charge in [0, 0.05) is 24.9 Å². The van der Waals surface area contributed by atoms with Crippen LogP contribution in [-0.4, -0.2) is 43.7 Å². The van der Waals surface area contributed by atoms with Crippen LogP contribution in [0.3, 0.4) is 0 Å². The average molecular weight is 421 g/mol. The lowest BCUT2D eigenvalue weighted by Gasteiger charge is -2.29. The molecule has 0 atom stereocenters. The van der Waals surface area contributed by atoms with Gasteiger partial charge in [-0.1, -0.05) is 54.7 Å². The first-order valence-electron chi connectivity index (χ1n) is 11.1. The van der Waals surface area contributed by atoms with Crippen LogP contribution in [0.2, 0.25) is 19.6 Å². The Hall–Kier alpha value is -2.40. The number of amides is 1. The first kappa shape index (κ1) is 20.9. The summed E-state index contributed by atoms with van der Waals surface area (Å²) in [6, 6.07) is 11.4. The van der Waals surface area contributed by atoms with Gasteiger partial charge in [0.1, 0.15) is 0 Å². The molecule has 1 aliphatic heterocycles. The maximum Gasteiger partial charge on any atom is 0.409 e. The molecule has 0 unspecified atom stereocenters. The van der Waals surface area contributed by atoms with E-state index in [1.165, 1.54) is 33.0 Å². The molecule has 1 amide bonds. The van der Waals surface area contributed by atoms with Crippen LogP contribution in [0.25, 0.3) is 5.57 Å². The van der Waals surface area contributed by atoms with Crippen molar-refractivity contribution < 1.29 is 9.53 Å². The second-order valence-corrected chi connectivity index (χ2v) is 14.4. The van der Waals surface area contributed by atoms with Crippen LogP contribution in [0.1, 0.15) is 42.1 Å². The molecule has 1 aliphatic carbocycles. The van der Waals surface area contributed by atoms with E-state index in [1.807, 2.05) is 24.1 Å². The monoisotopic (exact) mass is 420 g/mol. The number of fused-ring (bicyclic) bond motifs is 2. The smallest absolute Gasteiger partial charge is 0.409 e. The van der Waals surface area contributed by atoms with Gasteiger partial charge in [-0.15, -0.1) is 0 Å². The van der Waals surface area contributed by atoms with Crippen LogP contribution in [0.15, 0.2) is 42.1 Å². The molecule has 1 aromatic heterocycles. The highest BCUT2D eigenvalue weighted by molar-refractivity contribution is 6.88.